The summed E-state index contributed by atoms with van der Waals surface area (Å²) in [6, 6.07) is 9.18. The summed E-state index contributed by atoms with van der Waals surface area (Å²) in [6.07, 6.45) is 6.21. The molecule has 0 radical (unpaired) electrons. The fourth-order valence-electron chi connectivity index (χ4n) is 3.59. The summed E-state index contributed by atoms with van der Waals surface area (Å²) in [6.45, 7) is 11.6. The Labute approximate surface area is 153 Å². The average molecular weight is 347 g/mol. The van der Waals surface area contributed by atoms with Gasteiger partial charge in [-0.3, -0.25) is 0 Å². The van der Waals surface area contributed by atoms with E-state index in [9.17, 15) is 0 Å². The second-order valence-corrected chi connectivity index (χ2v) is 8.85. The van der Waals surface area contributed by atoms with E-state index >= 15 is 0 Å². The Morgan fingerprint density at radius 2 is 1.71 bits per heavy atom. The highest BCUT2D eigenvalue weighted by atomic mass is 32.1. The Bertz CT molecular complexity index is 522. The molecular formula is C21H34N2S. The van der Waals surface area contributed by atoms with Crippen LogP contribution in [0, 0.1) is 11.3 Å². The van der Waals surface area contributed by atoms with Gasteiger partial charge in [-0.1, -0.05) is 46.8 Å². The van der Waals surface area contributed by atoms with Crippen molar-refractivity contribution in [3.8, 4) is 0 Å². The van der Waals surface area contributed by atoms with Crippen molar-refractivity contribution in [2.24, 2.45) is 11.3 Å². The number of hydrogen-bond donors (Lipinski definition) is 2. The zero-order chi connectivity index (χ0) is 17.7. The molecule has 2 nitrogen and oxygen atoms in total. The van der Waals surface area contributed by atoms with E-state index in [4.69, 9.17) is 12.2 Å². The fraction of sp³-hybridized carbons (Fsp3) is 0.667. The lowest BCUT2D eigenvalue weighted by molar-refractivity contribution is 0.166. The Hall–Kier alpha value is -1.09. The molecule has 0 heterocycles. The lowest BCUT2D eigenvalue weighted by Crippen LogP contribution is -2.41. The van der Waals surface area contributed by atoms with E-state index in [0.717, 1.165) is 16.7 Å². The third-order valence-electron chi connectivity index (χ3n) is 5.64. The minimum atomic E-state index is 0.432. The zero-order valence-electron chi connectivity index (χ0n) is 16.0. The summed E-state index contributed by atoms with van der Waals surface area (Å²) in [5.74, 6) is 1.45. The van der Waals surface area contributed by atoms with E-state index in [2.05, 4.69) is 69.5 Å². The maximum atomic E-state index is 5.50. The normalized spacial score (nSPS) is 22.7. The van der Waals surface area contributed by atoms with Crippen LogP contribution in [-0.2, 0) is 0 Å². The van der Waals surface area contributed by atoms with Gasteiger partial charge in [0.2, 0.25) is 0 Å². The van der Waals surface area contributed by atoms with Crippen LogP contribution in [0.2, 0.25) is 0 Å². The van der Waals surface area contributed by atoms with Crippen LogP contribution in [0.25, 0.3) is 0 Å². The molecule has 1 aliphatic rings. The largest absolute Gasteiger partial charge is 0.360 e. The second-order valence-electron chi connectivity index (χ2n) is 8.44. The van der Waals surface area contributed by atoms with Crippen LogP contribution in [0.15, 0.2) is 24.3 Å². The van der Waals surface area contributed by atoms with Gasteiger partial charge in [0.15, 0.2) is 5.11 Å². The lowest BCUT2D eigenvalue weighted by Gasteiger charge is -2.37. The number of nitrogens with one attached hydrogen (secondary N) is 2. The van der Waals surface area contributed by atoms with Gasteiger partial charge in [-0.15, -0.1) is 0 Å². The smallest absolute Gasteiger partial charge is 0.170 e. The van der Waals surface area contributed by atoms with Crippen LogP contribution in [0.4, 0.5) is 5.69 Å². The number of rotatable bonds is 4. The molecule has 2 N–H and O–H groups in total. The molecule has 0 spiro atoms. The molecule has 0 bridgehead atoms. The molecule has 0 aliphatic heterocycles. The molecule has 3 heteroatoms. The average Bonchev–Trinajstić information content (AvgIpc) is 2.54. The highest BCUT2D eigenvalue weighted by molar-refractivity contribution is 7.80. The molecule has 1 aliphatic carbocycles. The van der Waals surface area contributed by atoms with Gasteiger partial charge in [0.1, 0.15) is 0 Å². The van der Waals surface area contributed by atoms with Crippen molar-refractivity contribution in [2.75, 3.05) is 5.32 Å². The molecule has 1 aromatic carbocycles. The quantitative estimate of drug-likeness (QED) is 0.645. The standard InChI is InChI=1S/C21H34N2S/c1-6-15(2)16-7-11-18(12-8-16)22-20(24)23-19-13-9-17(10-14-19)21(3,4)5/h7-8,11-12,15,17,19H,6,9-10,13-14H2,1-5H3,(H2,22,23,24). The first-order valence-electron chi connectivity index (χ1n) is 9.47. The number of benzene rings is 1. The lowest BCUT2D eigenvalue weighted by atomic mass is 9.71. The first-order chi connectivity index (χ1) is 11.3. The highest BCUT2D eigenvalue weighted by Gasteiger charge is 2.29. The van der Waals surface area contributed by atoms with Crippen molar-refractivity contribution in [3.05, 3.63) is 29.8 Å². The van der Waals surface area contributed by atoms with E-state index in [1.165, 1.54) is 37.7 Å². The molecule has 1 atom stereocenters. The van der Waals surface area contributed by atoms with Crippen LogP contribution in [0.3, 0.4) is 0 Å². The topological polar surface area (TPSA) is 24.1 Å². The third kappa shape index (κ3) is 5.47. The predicted octanol–water partition coefficient (Wildman–Crippen LogP) is 6.09. The van der Waals surface area contributed by atoms with E-state index in [0.29, 0.717) is 17.4 Å². The van der Waals surface area contributed by atoms with Crippen molar-refractivity contribution in [2.45, 2.75) is 78.7 Å². The van der Waals surface area contributed by atoms with Crippen LogP contribution in [-0.4, -0.2) is 11.2 Å². The molecule has 1 saturated carbocycles. The maximum absolute atomic E-state index is 5.50. The van der Waals surface area contributed by atoms with Gasteiger partial charge in [-0.25, -0.2) is 0 Å². The van der Waals surface area contributed by atoms with Gasteiger partial charge in [-0.2, -0.15) is 0 Å². The van der Waals surface area contributed by atoms with Crippen LogP contribution >= 0.6 is 12.2 Å². The SMILES string of the molecule is CCC(C)c1ccc(NC(=S)NC2CCC(C(C)(C)C)CC2)cc1. The molecule has 1 fully saturated rings. The van der Waals surface area contributed by atoms with E-state index < -0.39 is 0 Å². The van der Waals surface area contributed by atoms with Gasteiger partial charge < -0.3 is 10.6 Å². The number of hydrogen-bond acceptors (Lipinski definition) is 1. The van der Waals surface area contributed by atoms with E-state index in [1.807, 2.05) is 0 Å². The van der Waals surface area contributed by atoms with Gasteiger partial charge in [-0.05, 0) is 79.3 Å². The Morgan fingerprint density at radius 3 is 2.21 bits per heavy atom. The molecular weight excluding hydrogens is 312 g/mol. The summed E-state index contributed by atoms with van der Waals surface area (Å²) in [4.78, 5) is 0. The Kier molecular flexibility index (Phi) is 6.68. The van der Waals surface area contributed by atoms with Gasteiger partial charge in [0.25, 0.3) is 0 Å². The molecule has 0 aromatic heterocycles. The highest BCUT2D eigenvalue weighted by Crippen LogP contribution is 2.37. The summed E-state index contributed by atoms with van der Waals surface area (Å²) >= 11 is 5.50. The minimum absolute atomic E-state index is 0.432. The van der Waals surface area contributed by atoms with Crippen LogP contribution in [0.5, 0.6) is 0 Å². The van der Waals surface area contributed by atoms with Crippen LogP contribution < -0.4 is 10.6 Å². The van der Waals surface area contributed by atoms with Crippen molar-refractivity contribution < 1.29 is 0 Å². The van der Waals surface area contributed by atoms with Crippen molar-refractivity contribution in [3.63, 3.8) is 0 Å². The van der Waals surface area contributed by atoms with Crippen molar-refractivity contribution >= 4 is 23.0 Å². The molecule has 0 amide bonds. The van der Waals surface area contributed by atoms with Gasteiger partial charge in [0.05, 0.1) is 0 Å². The number of anilines is 1. The summed E-state index contributed by atoms with van der Waals surface area (Å²) in [5.41, 5.74) is 2.89. The summed E-state index contributed by atoms with van der Waals surface area (Å²) in [5, 5.41) is 7.60. The van der Waals surface area contributed by atoms with Crippen molar-refractivity contribution in [1.82, 2.24) is 5.32 Å². The molecule has 134 valence electrons. The monoisotopic (exact) mass is 346 g/mol. The van der Waals surface area contributed by atoms with Crippen LogP contribution in [0.1, 0.15) is 78.2 Å². The zero-order valence-corrected chi connectivity index (χ0v) is 16.8. The first kappa shape index (κ1) is 19.2. The predicted molar refractivity (Wildman–Crippen MR) is 110 cm³/mol. The van der Waals surface area contributed by atoms with Crippen molar-refractivity contribution in [1.29, 1.82) is 0 Å². The summed E-state index contributed by atoms with van der Waals surface area (Å²) < 4.78 is 0. The van der Waals surface area contributed by atoms with E-state index in [-0.39, 0.29) is 0 Å². The van der Waals surface area contributed by atoms with Gasteiger partial charge >= 0.3 is 0 Å². The first-order valence-corrected chi connectivity index (χ1v) is 9.88. The Morgan fingerprint density at radius 1 is 1.12 bits per heavy atom. The van der Waals surface area contributed by atoms with E-state index in [1.54, 1.807) is 0 Å². The number of thiocarbonyl (C=S) groups is 1. The second kappa shape index (κ2) is 8.33. The molecule has 24 heavy (non-hydrogen) atoms. The fourth-order valence-corrected chi connectivity index (χ4v) is 3.87. The molecule has 1 aromatic rings. The molecule has 2 rings (SSSR count). The third-order valence-corrected chi connectivity index (χ3v) is 5.86. The maximum Gasteiger partial charge on any atom is 0.170 e. The van der Waals surface area contributed by atoms with Gasteiger partial charge in [0, 0.05) is 11.7 Å². The summed E-state index contributed by atoms with van der Waals surface area (Å²) in [7, 11) is 0. The minimum Gasteiger partial charge on any atom is -0.360 e. The molecule has 0 saturated heterocycles. The Balaban J connectivity index is 1.80. The molecule has 1 unspecified atom stereocenters.